The number of nitrogen functional groups attached to an aromatic ring is 1. The minimum atomic E-state index is -0.0302. The summed E-state index contributed by atoms with van der Waals surface area (Å²) in [4.78, 5) is 4.08. The van der Waals surface area contributed by atoms with Crippen LogP contribution in [0.4, 0.5) is 5.69 Å². The molecule has 2 N–H and O–H groups in total. The molecule has 1 unspecified atom stereocenters. The van der Waals surface area contributed by atoms with Crippen LogP contribution in [0.1, 0.15) is 13.8 Å². The Balaban J connectivity index is 2.56. The lowest BCUT2D eigenvalue weighted by atomic mass is 10.4. The highest BCUT2D eigenvalue weighted by Gasteiger charge is 2.08. The molecule has 1 rings (SSSR count). The van der Waals surface area contributed by atoms with Crippen LogP contribution in [0, 0.1) is 0 Å². The molecule has 15 heavy (non-hydrogen) atoms. The standard InChI is InChI=1S/C10H15BrN2O2/c1-3-14-6-7(2)15-10-9(11)4-8(12)5-13-10/h4-5,7H,3,6,12H2,1-2H3. The summed E-state index contributed by atoms with van der Waals surface area (Å²) in [5.74, 6) is 0.538. The highest BCUT2D eigenvalue weighted by atomic mass is 79.9. The summed E-state index contributed by atoms with van der Waals surface area (Å²) in [6.07, 6.45) is 1.53. The average Bonchev–Trinajstić information content (AvgIpc) is 2.19. The predicted octanol–water partition coefficient (Wildman–Crippen LogP) is 2.23. The fraction of sp³-hybridized carbons (Fsp3) is 0.500. The first-order valence-corrected chi connectivity index (χ1v) is 5.58. The number of hydrogen-bond donors (Lipinski definition) is 1. The van der Waals surface area contributed by atoms with E-state index >= 15 is 0 Å². The first-order chi connectivity index (χ1) is 7.13. The van der Waals surface area contributed by atoms with Gasteiger partial charge in [-0.3, -0.25) is 0 Å². The van der Waals surface area contributed by atoms with Crippen LogP contribution in [0.15, 0.2) is 16.7 Å². The van der Waals surface area contributed by atoms with E-state index in [0.29, 0.717) is 24.8 Å². The zero-order chi connectivity index (χ0) is 11.3. The van der Waals surface area contributed by atoms with E-state index in [1.165, 1.54) is 0 Å². The van der Waals surface area contributed by atoms with Gasteiger partial charge in [0.15, 0.2) is 0 Å². The molecule has 0 aliphatic rings. The Bertz CT molecular complexity index is 320. The Kier molecular flexibility index (Phi) is 4.84. The van der Waals surface area contributed by atoms with Crippen molar-refractivity contribution in [2.24, 2.45) is 0 Å². The van der Waals surface area contributed by atoms with Crippen molar-refractivity contribution in [2.75, 3.05) is 18.9 Å². The summed E-state index contributed by atoms with van der Waals surface area (Å²) in [5.41, 5.74) is 6.17. The van der Waals surface area contributed by atoms with E-state index in [4.69, 9.17) is 15.2 Å². The Labute approximate surface area is 97.9 Å². The van der Waals surface area contributed by atoms with Crippen molar-refractivity contribution in [3.8, 4) is 5.88 Å². The van der Waals surface area contributed by atoms with Crippen molar-refractivity contribution in [1.82, 2.24) is 4.98 Å². The number of ether oxygens (including phenoxy) is 2. The number of anilines is 1. The van der Waals surface area contributed by atoms with Crippen molar-refractivity contribution in [3.05, 3.63) is 16.7 Å². The molecule has 84 valence electrons. The van der Waals surface area contributed by atoms with Gasteiger partial charge in [0.05, 0.1) is 23.0 Å². The monoisotopic (exact) mass is 274 g/mol. The Hall–Kier alpha value is -0.810. The largest absolute Gasteiger partial charge is 0.471 e. The lowest BCUT2D eigenvalue weighted by Crippen LogP contribution is -2.19. The molecule has 5 heteroatoms. The van der Waals surface area contributed by atoms with Crippen LogP contribution in [-0.2, 0) is 4.74 Å². The number of hydrogen-bond acceptors (Lipinski definition) is 4. The maximum atomic E-state index is 5.57. The van der Waals surface area contributed by atoms with Gasteiger partial charge in [0.2, 0.25) is 5.88 Å². The van der Waals surface area contributed by atoms with Gasteiger partial charge in [0.25, 0.3) is 0 Å². The Morgan fingerprint density at radius 3 is 2.93 bits per heavy atom. The second-order valence-electron chi connectivity index (χ2n) is 3.14. The molecule has 1 aromatic heterocycles. The molecule has 4 nitrogen and oxygen atoms in total. The van der Waals surface area contributed by atoms with Crippen molar-refractivity contribution >= 4 is 21.6 Å². The molecule has 0 spiro atoms. The van der Waals surface area contributed by atoms with E-state index < -0.39 is 0 Å². The van der Waals surface area contributed by atoms with Gasteiger partial charge < -0.3 is 15.2 Å². The van der Waals surface area contributed by atoms with Crippen molar-refractivity contribution in [1.29, 1.82) is 0 Å². The minimum absolute atomic E-state index is 0.0302. The minimum Gasteiger partial charge on any atom is -0.471 e. The maximum Gasteiger partial charge on any atom is 0.228 e. The van der Waals surface area contributed by atoms with Crippen LogP contribution in [0.2, 0.25) is 0 Å². The Morgan fingerprint density at radius 1 is 1.60 bits per heavy atom. The second kappa shape index (κ2) is 5.92. The van der Waals surface area contributed by atoms with E-state index in [0.717, 1.165) is 4.47 Å². The van der Waals surface area contributed by atoms with Gasteiger partial charge in [-0.15, -0.1) is 0 Å². The molecule has 0 bridgehead atoms. The fourth-order valence-corrected chi connectivity index (χ4v) is 1.50. The van der Waals surface area contributed by atoms with Crippen LogP contribution in [0.5, 0.6) is 5.88 Å². The summed E-state index contributed by atoms with van der Waals surface area (Å²) >= 11 is 3.34. The van der Waals surface area contributed by atoms with Gasteiger partial charge >= 0.3 is 0 Å². The predicted molar refractivity (Wildman–Crippen MR) is 62.9 cm³/mol. The van der Waals surface area contributed by atoms with E-state index in [1.807, 2.05) is 13.8 Å². The molecule has 1 heterocycles. The first-order valence-electron chi connectivity index (χ1n) is 4.79. The number of pyridine rings is 1. The van der Waals surface area contributed by atoms with Crippen LogP contribution >= 0.6 is 15.9 Å². The van der Waals surface area contributed by atoms with Crippen LogP contribution in [0.3, 0.4) is 0 Å². The van der Waals surface area contributed by atoms with E-state index in [9.17, 15) is 0 Å². The average molecular weight is 275 g/mol. The molecule has 1 atom stereocenters. The zero-order valence-electron chi connectivity index (χ0n) is 8.87. The lowest BCUT2D eigenvalue weighted by Gasteiger charge is -2.14. The number of halogens is 1. The molecular formula is C10H15BrN2O2. The SMILES string of the molecule is CCOCC(C)Oc1ncc(N)cc1Br. The van der Waals surface area contributed by atoms with Crippen molar-refractivity contribution in [2.45, 2.75) is 20.0 Å². The fourth-order valence-electron chi connectivity index (χ4n) is 1.04. The summed E-state index contributed by atoms with van der Waals surface area (Å²) in [7, 11) is 0. The smallest absolute Gasteiger partial charge is 0.228 e. The molecule has 0 aliphatic heterocycles. The topological polar surface area (TPSA) is 57.4 Å². The second-order valence-corrected chi connectivity index (χ2v) is 4.00. The molecular weight excluding hydrogens is 260 g/mol. The lowest BCUT2D eigenvalue weighted by molar-refractivity contribution is 0.0629. The third kappa shape index (κ3) is 4.05. The van der Waals surface area contributed by atoms with Crippen molar-refractivity contribution in [3.63, 3.8) is 0 Å². The molecule has 0 amide bonds. The number of aromatic nitrogens is 1. The molecule has 0 radical (unpaired) electrons. The number of nitrogens with zero attached hydrogens (tertiary/aromatic N) is 1. The van der Waals surface area contributed by atoms with Gasteiger partial charge in [-0.1, -0.05) is 0 Å². The van der Waals surface area contributed by atoms with Crippen LogP contribution in [-0.4, -0.2) is 24.3 Å². The van der Waals surface area contributed by atoms with Gasteiger partial charge in [-0.25, -0.2) is 4.98 Å². The van der Waals surface area contributed by atoms with Gasteiger partial charge in [0, 0.05) is 6.61 Å². The van der Waals surface area contributed by atoms with E-state index in [-0.39, 0.29) is 6.10 Å². The van der Waals surface area contributed by atoms with Gasteiger partial charge in [0.1, 0.15) is 6.10 Å². The third-order valence-corrected chi connectivity index (χ3v) is 2.27. The molecule has 1 aromatic rings. The highest BCUT2D eigenvalue weighted by molar-refractivity contribution is 9.10. The van der Waals surface area contributed by atoms with E-state index in [2.05, 4.69) is 20.9 Å². The van der Waals surface area contributed by atoms with E-state index in [1.54, 1.807) is 12.3 Å². The molecule has 0 fully saturated rings. The van der Waals surface area contributed by atoms with Crippen molar-refractivity contribution < 1.29 is 9.47 Å². The normalized spacial score (nSPS) is 12.5. The summed E-state index contributed by atoms with van der Waals surface area (Å²) in [6.45, 7) is 5.11. The Morgan fingerprint density at radius 2 is 2.33 bits per heavy atom. The molecule has 0 aliphatic carbocycles. The summed E-state index contributed by atoms with van der Waals surface area (Å²) in [5, 5.41) is 0. The molecule has 0 aromatic carbocycles. The van der Waals surface area contributed by atoms with Gasteiger partial charge in [-0.2, -0.15) is 0 Å². The third-order valence-electron chi connectivity index (χ3n) is 1.70. The summed E-state index contributed by atoms with van der Waals surface area (Å²) < 4.78 is 11.6. The van der Waals surface area contributed by atoms with Gasteiger partial charge in [-0.05, 0) is 35.8 Å². The summed E-state index contributed by atoms with van der Waals surface area (Å²) in [6, 6.07) is 1.76. The van der Waals surface area contributed by atoms with Crippen LogP contribution in [0.25, 0.3) is 0 Å². The zero-order valence-corrected chi connectivity index (χ0v) is 10.5. The quantitative estimate of drug-likeness (QED) is 0.895. The van der Waals surface area contributed by atoms with Crippen LogP contribution < -0.4 is 10.5 Å². The number of nitrogens with two attached hydrogens (primary N) is 1. The number of rotatable bonds is 5. The molecule has 0 saturated carbocycles. The molecule has 0 saturated heterocycles. The first kappa shape index (κ1) is 12.3. The highest BCUT2D eigenvalue weighted by Crippen LogP contribution is 2.24. The maximum absolute atomic E-state index is 5.57.